The van der Waals surface area contributed by atoms with E-state index in [4.69, 9.17) is 11.5 Å². The SMILES string of the molecule is CC1=C(Nc2ccc(N)c(C)c2C)C(=O)C=C(O)/C1=N\c1ccc(N)c(C)c1C. The van der Waals surface area contributed by atoms with Crippen LogP contribution in [0.2, 0.25) is 0 Å². The Kier molecular flexibility index (Phi) is 5.20. The van der Waals surface area contributed by atoms with E-state index in [1.807, 2.05) is 39.8 Å². The number of nitrogens with two attached hydrogens (primary N) is 2. The summed E-state index contributed by atoms with van der Waals surface area (Å²) in [4.78, 5) is 17.2. The Bertz CT molecular complexity index is 1120. The number of nitrogens with one attached hydrogen (secondary N) is 1. The molecule has 0 amide bonds. The summed E-state index contributed by atoms with van der Waals surface area (Å²) in [5, 5.41) is 13.6. The van der Waals surface area contributed by atoms with Crippen molar-refractivity contribution in [2.75, 3.05) is 16.8 Å². The molecule has 2 aromatic carbocycles. The van der Waals surface area contributed by atoms with Crippen LogP contribution in [0.4, 0.5) is 22.7 Å². The van der Waals surface area contributed by atoms with Gasteiger partial charge >= 0.3 is 0 Å². The maximum absolute atomic E-state index is 12.6. The van der Waals surface area contributed by atoms with Crippen molar-refractivity contribution in [3.05, 3.63) is 69.6 Å². The van der Waals surface area contributed by atoms with Crippen LogP contribution in [0.25, 0.3) is 0 Å². The third-order valence-corrected chi connectivity index (χ3v) is 5.61. The van der Waals surface area contributed by atoms with Crippen molar-refractivity contribution < 1.29 is 9.90 Å². The molecule has 1 aliphatic rings. The van der Waals surface area contributed by atoms with Gasteiger partial charge in [0.05, 0.1) is 11.4 Å². The number of hydrogen-bond acceptors (Lipinski definition) is 6. The molecule has 6 N–H and O–H groups in total. The lowest BCUT2D eigenvalue weighted by atomic mass is 9.97. The zero-order valence-corrected chi connectivity index (χ0v) is 17.3. The normalized spacial score (nSPS) is 15.7. The van der Waals surface area contributed by atoms with E-state index in [0.29, 0.717) is 34.0 Å². The summed E-state index contributed by atoms with van der Waals surface area (Å²) in [6.45, 7) is 9.50. The van der Waals surface area contributed by atoms with Gasteiger partial charge in [-0.15, -0.1) is 0 Å². The minimum atomic E-state index is -0.307. The Morgan fingerprint density at radius 2 is 1.45 bits per heavy atom. The molecule has 0 spiro atoms. The topological polar surface area (TPSA) is 114 Å². The number of carbonyl (C=O) groups is 1. The van der Waals surface area contributed by atoms with Gasteiger partial charge in [0.15, 0.2) is 0 Å². The van der Waals surface area contributed by atoms with Crippen molar-refractivity contribution in [2.45, 2.75) is 34.6 Å². The highest BCUT2D eigenvalue weighted by molar-refractivity contribution is 6.25. The van der Waals surface area contributed by atoms with Crippen molar-refractivity contribution in [1.29, 1.82) is 0 Å². The van der Waals surface area contributed by atoms with E-state index in [0.717, 1.165) is 27.9 Å². The average molecular weight is 390 g/mol. The van der Waals surface area contributed by atoms with Crippen molar-refractivity contribution >= 4 is 34.2 Å². The number of rotatable bonds is 3. The van der Waals surface area contributed by atoms with E-state index in [2.05, 4.69) is 10.3 Å². The molecule has 29 heavy (non-hydrogen) atoms. The molecule has 1 aliphatic carbocycles. The summed E-state index contributed by atoms with van der Waals surface area (Å²) in [6, 6.07) is 7.24. The van der Waals surface area contributed by atoms with Gasteiger partial charge in [0, 0.05) is 28.7 Å². The Hall–Kier alpha value is -3.54. The van der Waals surface area contributed by atoms with Gasteiger partial charge in [-0.2, -0.15) is 0 Å². The number of aliphatic hydroxyl groups excluding tert-OH is 1. The van der Waals surface area contributed by atoms with Crippen LogP contribution in [-0.4, -0.2) is 16.6 Å². The van der Waals surface area contributed by atoms with Crippen LogP contribution in [0.3, 0.4) is 0 Å². The minimum Gasteiger partial charge on any atom is -0.506 e. The predicted octanol–water partition coefficient (Wildman–Crippen LogP) is 4.57. The zero-order valence-electron chi connectivity index (χ0n) is 17.3. The molecule has 6 heteroatoms. The molecule has 0 heterocycles. The molecular weight excluding hydrogens is 364 g/mol. The van der Waals surface area contributed by atoms with Gasteiger partial charge in [-0.05, 0) is 81.1 Å². The molecule has 0 bridgehead atoms. The first kappa shape index (κ1) is 20.2. The number of anilines is 3. The largest absolute Gasteiger partial charge is 0.506 e. The molecule has 0 saturated carbocycles. The van der Waals surface area contributed by atoms with Gasteiger partial charge in [0.2, 0.25) is 5.78 Å². The van der Waals surface area contributed by atoms with Crippen LogP contribution in [-0.2, 0) is 4.79 Å². The highest BCUT2D eigenvalue weighted by atomic mass is 16.3. The van der Waals surface area contributed by atoms with E-state index in [9.17, 15) is 9.90 Å². The van der Waals surface area contributed by atoms with E-state index >= 15 is 0 Å². The maximum Gasteiger partial charge on any atom is 0.206 e. The monoisotopic (exact) mass is 390 g/mol. The summed E-state index contributed by atoms with van der Waals surface area (Å²) in [6.07, 6.45) is 1.19. The Balaban J connectivity index is 2.09. The van der Waals surface area contributed by atoms with Crippen LogP contribution < -0.4 is 16.8 Å². The van der Waals surface area contributed by atoms with Gasteiger partial charge in [-0.25, -0.2) is 4.99 Å². The van der Waals surface area contributed by atoms with Gasteiger partial charge in [0.25, 0.3) is 0 Å². The molecule has 0 atom stereocenters. The van der Waals surface area contributed by atoms with Crippen molar-refractivity contribution in [3.63, 3.8) is 0 Å². The summed E-state index contributed by atoms with van der Waals surface area (Å²) >= 11 is 0. The number of nitrogen functional groups attached to an aromatic ring is 2. The van der Waals surface area contributed by atoms with E-state index in [-0.39, 0.29) is 11.5 Å². The lowest BCUT2D eigenvalue weighted by Crippen LogP contribution is -2.23. The number of carbonyl (C=O) groups excluding carboxylic acids is 1. The molecule has 0 radical (unpaired) electrons. The number of allylic oxidation sites excluding steroid dienone is 2. The Morgan fingerprint density at radius 1 is 0.862 bits per heavy atom. The van der Waals surface area contributed by atoms with Crippen LogP contribution in [0.1, 0.15) is 29.2 Å². The smallest absolute Gasteiger partial charge is 0.206 e. The zero-order chi connectivity index (χ0) is 21.5. The second kappa shape index (κ2) is 7.47. The molecule has 0 unspecified atom stereocenters. The van der Waals surface area contributed by atoms with Crippen LogP contribution in [0.5, 0.6) is 0 Å². The fourth-order valence-corrected chi connectivity index (χ4v) is 3.24. The molecule has 0 aliphatic heterocycles. The number of aliphatic hydroxyl groups is 1. The summed E-state index contributed by atoms with van der Waals surface area (Å²) < 4.78 is 0. The molecular formula is C23H26N4O2. The summed E-state index contributed by atoms with van der Waals surface area (Å²) in [5.41, 5.74) is 19.9. The van der Waals surface area contributed by atoms with Crippen LogP contribution in [0, 0.1) is 27.7 Å². The Labute approximate surface area is 170 Å². The molecule has 3 rings (SSSR count). The molecule has 0 aromatic heterocycles. The first-order valence-corrected chi connectivity index (χ1v) is 9.35. The number of ketones is 1. The second-order valence-corrected chi connectivity index (χ2v) is 7.36. The van der Waals surface area contributed by atoms with Crippen molar-refractivity contribution in [1.82, 2.24) is 0 Å². The lowest BCUT2D eigenvalue weighted by Gasteiger charge is -2.20. The number of aliphatic imine (C=N–C) groups is 1. The van der Waals surface area contributed by atoms with Crippen molar-refractivity contribution in [2.24, 2.45) is 4.99 Å². The van der Waals surface area contributed by atoms with Crippen molar-refractivity contribution in [3.8, 4) is 0 Å². The standard InChI is InChI=1S/C23H26N4O2/c1-11-13(3)18(8-6-16(11)24)26-22-15(5)23(21(29)10-20(22)28)27-19-9-7-17(25)12(2)14(19)4/h6-10,26,29H,24-25H2,1-5H3/b27-23-. The summed E-state index contributed by atoms with van der Waals surface area (Å²) in [5.74, 6) is -0.463. The average Bonchev–Trinajstić information content (AvgIpc) is 2.67. The van der Waals surface area contributed by atoms with Crippen LogP contribution >= 0.6 is 0 Å². The quantitative estimate of drug-likeness (QED) is 0.453. The predicted molar refractivity (Wildman–Crippen MR) is 120 cm³/mol. The maximum atomic E-state index is 12.6. The van der Waals surface area contributed by atoms with E-state index < -0.39 is 0 Å². The first-order valence-electron chi connectivity index (χ1n) is 9.35. The van der Waals surface area contributed by atoms with Gasteiger partial charge < -0.3 is 21.9 Å². The van der Waals surface area contributed by atoms with Crippen LogP contribution in [0.15, 0.2) is 52.4 Å². The minimum absolute atomic E-state index is 0.155. The third-order valence-electron chi connectivity index (χ3n) is 5.61. The highest BCUT2D eigenvalue weighted by Gasteiger charge is 2.25. The Morgan fingerprint density at radius 3 is 2.10 bits per heavy atom. The fraction of sp³-hybridized carbons (Fsp3) is 0.217. The molecule has 0 fully saturated rings. The number of nitrogens with zero attached hydrogens (tertiary/aromatic N) is 1. The second-order valence-electron chi connectivity index (χ2n) is 7.36. The molecule has 0 saturated heterocycles. The third kappa shape index (κ3) is 3.61. The lowest BCUT2D eigenvalue weighted by molar-refractivity contribution is -0.111. The highest BCUT2D eigenvalue weighted by Crippen LogP contribution is 2.31. The van der Waals surface area contributed by atoms with Gasteiger partial charge in [-0.1, -0.05) is 0 Å². The molecule has 150 valence electrons. The van der Waals surface area contributed by atoms with Gasteiger partial charge in [-0.3, -0.25) is 4.79 Å². The molecule has 2 aromatic rings. The molecule has 6 nitrogen and oxygen atoms in total. The first-order chi connectivity index (χ1) is 13.6. The number of benzene rings is 2. The van der Waals surface area contributed by atoms with Gasteiger partial charge in [0.1, 0.15) is 11.5 Å². The fourth-order valence-electron chi connectivity index (χ4n) is 3.24. The van der Waals surface area contributed by atoms with E-state index in [1.54, 1.807) is 19.1 Å². The summed E-state index contributed by atoms with van der Waals surface area (Å²) in [7, 11) is 0. The number of hydrogen-bond donors (Lipinski definition) is 4. The van der Waals surface area contributed by atoms with E-state index in [1.165, 1.54) is 6.08 Å².